The second-order valence-corrected chi connectivity index (χ2v) is 2.16. The Balaban J connectivity index is 2.65. The molecule has 0 aliphatic rings. The molecule has 2 heteroatoms. The minimum absolute atomic E-state index is 0.177. The number of aliphatic hydroxyl groups is 1. The van der Waals surface area contributed by atoms with E-state index in [4.69, 9.17) is 5.11 Å². The van der Waals surface area contributed by atoms with Gasteiger partial charge in [0.25, 0.3) is 0 Å². The van der Waals surface area contributed by atoms with Crippen LogP contribution in [-0.4, -0.2) is 5.11 Å². The van der Waals surface area contributed by atoms with Crippen molar-refractivity contribution in [3.05, 3.63) is 42.3 Å². The Labute approximate surface area is 66.2 Å². The first kappa shape index (κ1) is 7.66. The van der Waals surface area contributed by atoms with Crippen LogP contribution in [-0.2, 0) is 0 Å². The summed E-state index contributed by atoms with van der Waals surface area (Å²) in [4.78, 5) is 0. The minimum Gasteiger partial charge on any atom is -0.495 e. The van der Waals surface area contributed by atoms with Gasteiger partial charge in [-0.15, -0.1) is 0 Å². The number of aliphatic hydroxyl groups excluding tert-OH is 1. The van der Waals surface area contributed by atoms with E-state index in [0.717, 1.165) is 5.69 Å². The van der Waals surface area contributed by atoms with Crippen molar-refractivity contribution in [2.45, 2.75) is 6.92 Å². The highest BCUT2D eigenvalue weighted by Gasteiger charge is 1.89. The van der Waals surface area contributed by atoms with Gasteiger partial charge in [0.15, 0.2) is 5.88 Å². The largest absolute Gasteiger partial charge is 0.495 e. The first-order chi connectivity index (χ1) is 5.33. The van der Waals surface area contributed by atoms with Gasteiger partial charge < -0.3 is 10.4 Å². The quantitative estimate of drug-likeness (QED) is 0.633. The summed E-state index contributed by atoms with van der Waals surface area (Å²) in [6.45, 7) is 1.77. The summed E-state index contributed by atoms with van der Waals surface area (Å²) in [5.41, 5.74) is 0.892. The van der Waals surface area contributed by atoms with Crippen LogP contribution in [0.4, 0.5) is 5.69 Å². The highest BCUT2D eigenvalue weighted by atomic mass is 16.3. The van der Waals surface area contributed by atoms with Gasteiger partial charge in [-0.3, -0.25) is 0 Å². The average Bonchev–Trinajstić information content (AvgIpc) is 2.06. The summed E-state index contributed by atoms with van der Waals surface area (Å²) < 4.78 is 0. The van der Waals surface area contributed by atoms with Crippen LogP contribution in [0.25, 0.3) is 0 Å². The third-order valence-corrected chi connectivity index (χ3v) is 1.32. The second kappa shape index (κ2) is 3.66. The predicted molar refractivity (Wildman–Crippen MR) is 46.5 cm³/mol. The molecule has 0 amide bonds. The molecule has 0 aromatic heterocycles. The van der Waals surface area contributed by atoms with Gasteiger partial charge in [0.2, 0.25) is 0 Å². The Morgan fingerprint density at radius 3 is 2.55 bits per heavy atom. The molecule has 1 aromatic rings. The molecule has 0 aliphatic heterocycles. The van der Waals surface area contributed by atoms with Gasteiger partial charge in [0.05, 0.1) is 0 Å². The lowest BCUT2D eigenvalue weighted by Crippen LogP contribution is -1.96. The molecule has 1 rings (SSSR count). The molecular formula is C9H11NO. The normalized spacial score (nSPS) is 11.2. The zero-order chi connectivity index (χ0) is 8.10. The van der Waals surface area contributed by atoms with Crippen molar-refractivity contribution < 1.29 is 5.11 Å². The van der Waals surface area contributed by atoms with Crippen LogP contribution < -0.4 is 5.32 Å². The monoisotopic (exact) mass is 149 g/mol. The highest BCUT2D eigenvalue weighted by Crippen LogP contribution is 2.06. The van der Waals surface area contributed by atoms with E-state index in [1.807, 2.05) is 30.3 Å². The fraction of sp³-hybridized carbons (Fsp3) is 0.111. The van der Waals surface area contributed by atoms with Crippen LogP contribution in [0.1, 0.15) is 6.92 Å². The van der Waals surface area contributed by atoms with Gasteiger partial charge in [-0.25, -0.2) is 0 Å². The first-order valence-corrected chi connectivity index (χ1v) is 3.50. The van der Waals surface area contributed by atoms with E-state index >= 15 is 0 Å². The Hall–Kier alpha value is -1.44. The van der Waals surface area contributed by atoms with Gasteiger partial charge in [0.1, 0.15) is 0 Å². The van der Waals surface area contributed by atoms with Crippen LogP contribution in [0.2, 0.25) is 0 Å². The molecule has 1 aromatic carbocycles. The Kier molecular flexibility index (Phi) is 2.55. The van der Waals surface area contributed by atoms with E-state index in [2.05, 4.69) is 5.32 Å². The number of hydrogen-bond acceptors (Lipinski definition) is 2. The number of anilines is 1. The zero-order valence-electron chi connectivity index (χ0n) is 6.41. The van der Waals surface area contributed by atoms with Gasteiger partial charge >= 0.3 is 0 Å². The zero-order valence-corrected chi connectivity index (χ0v) is 6.41. The molecule has 2 nitrogen and oxygen atoms in total. The average molecular weight is 149 g/mol. The fourth-order valence-corrected chi connectivity index (χ4v) is 0.742. The number of benzene rings is 1. The Bertz CT molecular complexity index is 241. The number of para-hydroxylation sites is 1. The van der Waals surface area contributed by atoms with Crippen LogP contribution in [0, 0.1) is 0 Å². The maximum absolute atomic E-state index is 9.06. The molecule has 0 saturated carbocycles. The van der Waals surface area contributed by atoms with E-state index in [9.17, 15) is 0 Å². The molecule has 0 atom stereocenters. The van der Waals surface area contributed by atoms with Crippen molar-refractivity contribution in [2.75, 3.05) is 5.32 Å². The van der Waals surface area contributed by atoms with Crippen LogP contribution in [0.5, 0.6) is 0 Å². The van der Waals surface area contributed by atoms with Crippen LogP contribution in [0.15, 0.2) is 42.3 Å². The predicted octanol–water partition coefficient (Wildman–Crippen LogP) is 2.52. The third-order valence-electron chi connectivity index (χ3n) is 1.32. The van der Waals surface area contributed by atoms with Crippen LogP contribution in [0.3, 0.4) is 0 Å². The maximum atomic E-state index is 9.06. The van der Waals surface area contributed by atoms with Crippen molar-refractivity contribution in [1.29, 1.82) is 0 Å². The SMILES string of the molecule is C/C=C(\O)Nc1ccccc1. The first-order valence-electron chi connectivity index (χ1n) is 3.50. The number of hydrogen-bond donors (Lipinski definition) is 2. The van der Waals surface area contributed by atoms with Crippen molar-refractivity contribution in [3.8, 4) is 0 Å². The molecule has 58 valence electrons. The Morgan fingerprint density at radius 1 is 1.36 bits per heavy atom. The molecule has 11 heavy (non-hydrogen) atoms. The van der Waals surface area contributed by atoms with E-state index in [-0.39, 0.29) is 5.88 Å². The standard InChI is InChI=1S/C9H11NO/c1-2-9(11)10-8-6-4-3-5-7-8/h2-7,10-11H,1H3/b9-2-. The number of allylic oxidation sites excluding steroid dienone is 1. The smallest absolute Gasteiger partial charge is 0.184 e. The summed E-state index contributed by atoms with van der Waals surface area (Å²) in [6.07, 6.45) is 1.60. The molecule has 0 fully saturated rings. The lowest BCUT2D eigenvalue weighted by Gasteiger charge is -2.02. The molecule has 0 spiro atoms. The summed E-state index contributed by atoms with van der Waals surface area (Å²) in [5.74, 6) is 0.177. The number of nitrogens with one attached hydrogen (secondary N) is 1. The molecule has 0 radical (unpaired) electrons. The van der Waals surface area contributed by atoms with Crippen molar-refractivity contribution >= 4 is 5.69 Å². The lowest BCUT2D eigenvalue weighted by atomic mass is 10.3. The van der Waals surface area contributed by atoms with E-state index in [0.29, 0.717) is 0 Å². The molecule has 0 aliphatic carbocycles. The third kappa shape index (κ3) is 2.34. The minimum atomic E-state index is 0.177. The second-order valence-electron chi connectivity index (χ2n) is 2.16. The Morgan fingerprint density at radius 2 is 2.00 bits per heavy atom. The van der Waals surface area contributed by atoms with E-state index in [1.165, 1.54) is 0 Å². The molecule has 0 heterocycles. The summed E-state index contributed by atoms with van der Waals surface area (Å²) >= 11 is 0. The van der Waals surface area contributed by atoms with Crippen molar-refractivity contribution in [1.82, 2.24) is 0 Å². The lowest BCUT2D eigenvalue weighted by molar-refractivity contribution is 0.418. The van der Waals surface area contributed by atoms with Gasteiger partial charge in [0, 0.05) is 5.69 Å². The molecular weight excluding hydrogens is 138 g/mol. The summed E-state index contributed by atoms with van der Waals surface area (Å²) in [5, 5.41) is 11.9. The summed E-state index contributed by atoms with van der Waals surface area (Å²) in [7, 11) is 0. The number of rotatable bonds is 2. The molecule has 0 saturated heterocycles. The van der Waals surface area contributed by atoms with Crippen LogP contribution >= 0.6 is 0 Å². The van der Waals surface area contributed by atoms with Gasteiger partial charge in [-0.1, -0.05) is 18.2 Å². The van der Waals surface area contributed by atoms with Gasteiger partial charge in [-0.2, -0.15) is 0 Å². The highest BCUT2D eigenvalue weighted by molar-refractivity contribution is 5.46. The van der Waals surface area contributed by atoms with Crippen molar-refractivity contribution in [2.24, 2.45) is 0 Å². The van der Waals surface area contributed by atoms with Crippen molar-refractivity contribution in [3.63, 3.8) is 0 Å². The molecule has 2 N–H and O–H groups in total. The van der Waals surface area contributed by atoms with Gasteiger partial charge in [-0.05, 0) is 25.1 Å². The topological polar surface area (TPSA) is 32.3 Å². The fourth-order valence-electron chi connectivity index (χ4n) is 0.742. The van der Waals surface area contributed by atoms with E-state index < -0.39 is 0 Å². The maximum Gasteiger partial charge on any atom is 0.184 e. The van der Waals surface area contributed by atoms with E-state index in [1.54, 1.807) is 13.0 Å². The summed E-state index contributed by atoms with van der Waals surface area (Å²) in [6, 6.07) is 9.52. The molecule has 0 unspecified atom stereocenters. The molecule has 0 bridgehead atoms.